The van der Waals surface area contributed by atoms with Crippen molar-refractivity contribution < 1.29 is 28.6 Å². The molecule has 1 aromatic heterocycles. The van der Waals surface area contributed by atoms with Crippen LogP contribution in [0.15, 0.2) is 24.3 Å². The lowest BCUT2D eigenvalue weighted by Gasteiger charge is -2.23. The first-order chi connectivity index (χ1) is 17.5. The molecule has 2 rings (SSSR count). The van der Waals surface area contributed by atoms with E-state index in [1.54, 1.807) is 25.0 Å². The second kappa shape index (κ2) is 13.7. The van der Waals surface area contributed by atoms with Gasteiger partial charge in [0.05, 0.1) is 32.6 Å². The maximum Gasteiger partial charge on any atom is 0.325 e. The van der Waals surface area contributed by atoms with E-state index >= 15 is 0 Å². The number of hydrogen-bond acceptors (Lipinski definition) is 7. The number of carbonyl (C=O) groups excluding carboxylic acids is 3. The number of nitrogens with zero attached hydrogens (tertiary/aromatic N) is 3. The van der Waals surface area contributed by atoms with Gasteiger partial charge in [0.15, 0.2) is 5.69 Å². The van der Waals surface area contributed by atoms with Crippen molar-refractivity contribution in [3.63, 3.8) is 0 Å². The van der Waals surface area contributed by atoms with Crippen LogP contribution in [0.1, 0.15) is 51.0 Å². The summed E-state index contributed by atoms with van der Waals surface area (Å²) in [6, 6.07) is 6.79. The highest BCUT2D eigenvalue weighted by atomic mass is 16.5. The number of carbonyl (C=O) groups is 3. The van der Waals surface area contributed by atoms with Crippen LogP contribution in [0.5, 0.6) is 11.5 Å². The molecule has 0 saturated carbocycles. The SMILES string of the molecule is COC(=O)CN(C)C(=O)CC(CC(C)C)NC(=O)c1cc(-c2c(OC)cccc2OC)n(CC(C)C)n1. The monoisotopic (exact) mass is 516 g/mol. The lowest BCUT2D eigenvalue weighted by molar-refractivity contribution is -0.146. The molecule has 1 atom stereocenters. The van der Waals surface area contributed by atoms with Gasteiger partial charge < -0.3 is 24.4 Å². The molecule has 0 aliphatic rings. The van der Waals surface area contributed by atoms with Crippen LogP contribution in [-0.4, -0.2) is 73.4 Å². The van der Waals surface area contributed by atoms with Crippen molar-refractivity contribution >= 4 is 17.8 Å². The van der Waals surface area contributed by atoms with E-state index in [0.29, 0.717) is 35.7 Å². The Bertz CT molecular complexity index is 1060. The topological polar surface area (TPSA) is 112 Å². The van der Waals surface area contributed by atoms with Gasteiger partial charge in [0.25, 0.3) is 5.91 Å². The van der Waals surface area contributed by atoms with E-state index in [9.17, 15) is 14.4 Å². The van der Waals surface area contributed by atoms with E-state index in [1.165, 1.54) is 19.1 Å². The fourth-order valence-electron chi connectivity index (χ4n) is 4.05. The predicted octanol–water partition coefficient (Wildman–Crippen LogP) is 3.39. The third kappa shape index (κ3) is 8.23. The number of rotatable bonds is 13. The number of esters is 1. The number of benzene rings is 1. The molecule has 0 spiro atoms. The van der Waals surface area contributed by atoms with Gasteiger partial charge in [-0.25, -0.2) is 0 Å². The molecule has 2 aromatic rings. The van der Waals surface area contributed by atoms with Crippen LogP contribution in [0.3, 0.4) is 0 Å². The smallest absolute Gasteiger partial charge is 0.325 e. The van der Waals surface area contributed by atoms with E-state index in [2.05, 4.69) is 29.0 Å². The third-order valence-electron chi connectivity index (χ3n) is 5.77. The summed E-state index contributed by atoms with van der Waals surface area (Å²) in [7, 11) is 5.98. The molecule has 37 heavy (non-hydrogen) atoms. The molecule has 0 bridgehead atoms. The number of nitrogens with one attached hydrogen (secondary N) is 1. The maximum atomic E-state index is 13.4. The molecule has 10 heteroatoms. The second-order valence-electron chi connectivity index (χ2n) is 9.86. The molecule has 2 amide bonds. The van der Waals surface area contributed by atoms with Gasteiger partial charge in [-0.05, 0) is 36.5 Å². The van der Waals surface area contributed by atoms with Crippen LogP contribution < -0.4 is 14.8 Å². The van der Waals surface area contributed by atoms with Crippen molar-refractivity contribution in [3.8, 4) is 22.8 Å². The zero-order valence-corrected chi connectivity index (χ0v) is 23.2. The Morgan fingerprint density at radius 2 is 1.65 bits per heavy atom. The number of hydrogen-bond donors (Lipinski definition) is 1. The lowest BCUT2D eigenvalue weighted by atomic mass is 10.00. The number of methoxy groups -OCH3 is 3. The molecule has 10 nitrogen and oxygen atoms in total. The van der Waals surface area contributed by atoms with Crippen LogP contribution in [-0.2, 0) is 20.9 Å². The van der Waals surface area contributed by atoms with Gasteiger partial charge in [-0.3, -0.25) is 19.1 Å². The summed E-state index contributed by atoms with van der Waals surface area (Å²) in [5.74, 6) is 0.562. The quantitative estimate of drug-likeness (QED) is 0.406. The summed E-state index contributed by atoms with van der Waals surface area (Å²) >= 11 is 0. The Morgan fingerprint density at radius 1 is 1.03 bits per heavy atom. The van der Waals surface area contributed by atoms with Gasteiger partial charge in [0, 0.05) is 26.1 Å². The molecule has 0 saturated heterocycles. The number of ether oxygens (including phenoxy) is 3. The molecule has 0 radical (unpaired) electrons. The van der Waals surface area contributed by atoms with Gasteiger partial charge in [0.2, 0.25) is 5.91 Å². The van der Waals surface area contributed by atoms with Crippen molar-refractivity contribution in [3.05, 3.63) is 30.0 Å². The van der Waals surface area contributed by atoms with Crippen LogP contribution in [0.2, 0.25) is 0 Å². The van der Waals surface area contributed by atoms with Gasteiger partial charge in [-0.15, -0.1) is 0 Å². The van der Waals surface area contributed by atoms with Crippen molar-refractivity contribution in [2.45, 2.75) is 53.1 Å². The molecule has 1 aromatic carbocycles. The first kappa shape index (κ1) is 29.7. The average molecular weight is 517 g/mol. The van der Waals surface area contributed by atoms with Crippen LogP contribution in [0.4, 0.5) is 0 Å². The highest BCUT2D eigenvalue weighted by molar-refractivity contribution is 5.94. The molecule has 204 valence electrons. The highest BCUT2D eigenvalue weighted by Crippen LogP contribution is 2.38. The number of likely N-dealkylation sites (N-methyl/N-ethyl adjacent to an activating group) is 1. The van der Waals surface area contributed by atoms with E-state index in [0.717, 1.165) is 0 Å². The Labute approximate surface area is 219 Å². The van der Waals surface area contributed by atoms with Crippen LogP contribution in [0.25, 0.3) is 11.3 Å². The number of aromatic nitrogens is 2. The Kier molecular flexibility index (Phi) is 11.0. The third-order valence-corrected chi connectivity index (χ3v) is 5.77. The summed E-state index contributed by atoms with van der Waals surface area (Å²) in [5, 5.41) is 7.59. The van der Waals surface area contributed by atoms with Gasteiger partial charge >= 0.3 is 5.97 Å². The highest BCUT2D eigenvalue weighted by Gasteiger charge is 2.25. The van der Waals surface area contributed by atoms with Gasteiger partial charge in [-0.2, -0.15) is 5.10 Å². The summed E-state index contributed by atoms with van der Waals surface area (Å²) in [6.07, 6.45) is 0.640. The summed E-state index contributed by atoms with van der Waals surface area (Å²) in [4.78, 5) is 38.9. The molecule has 1 heterocycles. The predicted molar refractivity (Wildman–Crippen MR) is 141 cm³/mol. The second-order valence-corrected chi connectivity index (χ2v) is 9.86. The zero-order chi connectivity index (χ0) is 27.7. The Balaban J connectivity index is 2.37. The maximum absolute atomic E-state index is 13.4. The molecule has 0 aliphatic heterocycles. The van der Waals surface area contributed by atoms with Gasteiger partial charge in [0.1, 0.15) is 18.0 Å². The van der Waals surface area contributed by atoms with Crippen molar-refractivity contribution in [1.82, 2.24) is 20.0 Å². The van der Waals surface area contributed by atoms with Crippen LogP contribution in [0, 0.1) is 11.8 Å². The Morgan fingerprint density at radius 3 is 2.16 bits per heavy atom. The normalized spacial score (nSPS) is 11.8. The van der Waals surface area contributed by atoms with Crippen molar-refractivity contribution in [2.75, 3.05) is 34.9 Å². The van der Waals surface area contributed by atoms with Crippen molar-refractivity contribution in [1.29, 1.82) is 0 Å². The van der Waals surface area contributed by atoms with E-state index < -0.39 is 12.0 Å². The summed E-state index contributed by atoms with van der Waals surface area (Å²) < 4.78 is 17.6. The first-order valence-electron chi connectivity index (χ1n) is 12.4. The molecular formula is C27H40N4O6. The fourth-order valence-corrected chi connectivity index (χ4v) is 4.05. The average Bonchev–Trinajstić information content (AvgIpc) is 3.25. The van der Waals surface area contributed by atoms with E-state index in [1.807, 2.05) is 32.0 Å². The van der Waals surface area contributed by atoms with E-state index in [-0.39, 0.29) is 42.3 Å². The standard InChI is InChI=1S/C27H40N4O6/c1-17(2)12-19(13-24(32)30(5)16-25(33)37-8)28-27(34)20-14-21(31(29-20)15-18(3)4)26-22(35-6)10-9-11-23(26)36-7/h9-11,14,17-19H,12-13,15-16H2,1-8H3,(H,28,34). The minimum atomic E-state index is -0.504. The van der Waals surface area contributed by atoms with Crippen LogP contribution >= 0.6 is 0 Å². The number of amides is 2. The summed E-state index contributed by atoms with van der Waals surface area (Å²) in [6.45, 7) is 8.60. The van der Waals surface area contributed by atoms with E-state index in [4.69, 9.17) is 9.47 Å². The fraction of sp³-hybridized carbons (Fsp3) is 0.556. The van der Waals surface area contributed by atoms with Gasteiger partial charge in [-0.1, -0.05) is 33.8 Å². The molecule has 0 aliphatic carbocycles. The van der Waals surface area contributed by atoms with Crippen molar-refractivity contribution in [2.24, 2.45) is 11.8 Å². The molecule has 0 fully saturated rings. The minimum Gasteiger partial charge on any atom is -0.496 e. The summed E-state index contributed by atoms with van der Waals surface area (Å²) in [5.41, 5.74) is 1.63. The molecular weight excluding hydrogens is 476 g/mol. The minimum absolute atomic E-state index is 0.0529. The molecule has 1 N–H and O–H groups in total. The molecule has 1 unspecified atom stereocenters. The Hall–Kier alpha value is -3.56. The largest absolute Gasteiger partial charge is 0.496 e. The lowest BCUT2D eigenvalue weighted by Crippen LogP contribution is -2.41. The first-order valence-corrected chi connectivity index (χ1v) is 12.4. The zero-order valence-electron chi connectivity index (χ0n) is 23.2.